The number of nitrogens with zero attached hydrogens (tertiary/aromatic N) is 2. The van der Waals surface area contributed by atoms with Gasteiger partial charge in [0.15, 0.2) is 0 Å². The van der Waals surface area contributed by atoms with Gasteiger partial charge in [0.05, 0.1) is 37.6 Å². The SMILES string of the molecule is CCN1CCOCCOCCN(CC)CCC23OC4(CC1)C1CC5C1C1C4C2C5C13. The van der Waals surface area contributed by atoms with Crippen LogP contribution in [0.1, 0.15) is 33.1 Å². The number of hydrogen-bond acceptors (Lipinski definition) is 5. The van der Waals surface area contributed by atoms with Crippen LogP contribution < -0.4 is 0 Å². The number of likely N-dealkylation sites (N-methyl/N-ethyl adjacent to an activating group) is 2. The van der Waals surface area contributed by atoms with Crippen LogP contribution in [0.3, 0.4) is 0 Å². The minimum absolute atomic E-state index is 0.237. The van der Waals surface area contributed by atoms with Crippen molar-refractivity contribution in [3.63, 3.8) is 0 Å². The normalized spacial score (nSPS) is 57.4. The van der Waals surface area contributed by atoms with Gasteiger partial charge in [0.2, 0.25) is 0 Å². The third-order valence-electron chi connectivity index (χ3n) is 11.2. The molecule has 0 aromatic rings. The number of ether oxygens (including phenoxy) is 3. The van der Waals surface area contributed by atoms with Crippen molar-refractivity contribution in [2.75, 3.05) is 65.7 Å². The van der Waals surface area contributed by atoms with E-state index in [9.17, 15) is 0 Å². The van der Waals surface area contributed by atoms with Crippen molar-refractivity contribution in [3.05, 3.63) is 0 Å². The molecule has 0 aromatic carbocycles. The highest BCUT2D eigenvalue weighted by Gasteiger charge is 2.96. The van der Waals surface area contributed by atoms with Crippen molar-refractivity contribution >= 4 is 0 Å². The number of hydrogen-bond donors (Lipinski definition) is 0. The Morgan fingerprint density at radius 3 is 2.00 bits per heavy atom. The van der Waals surface area contributed by atoms with Gasteiger partial charge >= 0.3 is 0 Å². The van der Waals surface area contributed by atoms with E-state index in [0.717, 1.165) is 99.9 Å². The Morgan fingerprint density at radius 2 is 1.33 bits per heavy atom. The molecule has 10 atom stereocenters. The van der Waals surface area contributed by atoms with E-state index in [0.29, 0.717) is 0 Å². The van der Waals surface area contributed by atoms with Crippen molar-refractivity contribution < 1.29 is 14.2 Å². The lowest BCUT2D eigenvalue weighted by molar-refractivity contribution is -0.262. The second-order valence-electron chi connectivity index (χ2n) is 11.4. The highest BCUT2D eigenvalue weighted by atomic mass is 16.5. The molecule has 5 nitrogen and oxygen atoms in total. The molecule has 2 aliphatic heterocycles. The molecule has 2 spiro atoms. The first-order valence-electron chi connectivity index (χ1n) is 13.1. The first kappa shape index (κ1) is 19.3. The van der Waals surface area contributed by atoms with Crippen molar-refractivity contribution in [3.8, 4) is 0 Å². The molecule has 5 saturated carbocycles. The summed E-state index contributed by atoms with van der Waals surface area (Å²) in [4.78, 5) is 5.20. The van der Waals surface area contributed by atoms with E-state index in [4.69, 9.17) is 14.2 Å². The third-order valence-corrected chi connectivity index (χ3v) is 11.2. The zero-order valence-electron chi connectivity index (χ0n) is 18.9. The van der Waals surface area contributed by atoms with Crippen LogP contribution in [0.15, 0.2) is 0 Å². The second-order valence-corrected chi connectivity index (χ2v) is 11.4. The molecule has 168 valence electrons. The summed E-state index contributed by atoms with van der Waals surface area (Å²) < 4.78 is 19.2. The molecule has 5 aliphatic carbocycles. The lowest BCUT2D eigenvalue weighted by Crippen LogP contribution is -2.63. The van der Waals surface area contributed by atoms with Crippen molar-refractivity contribution in [2.45, 2.75) is 44.3 Å². The van der Waals surface area contributed by atoms with E-state index in [1.807, 2.05) is 0 Å². The lowest BCUT2D eigenvalue weighted by Gasteiger charge is -2.60. The summed E-state index contributed by atoms with van der Waals surface area (Å²) in [5, 5.41) is 0. The smallest absolute Gasteiger partial charge is 0.0771 e. The maximum atomic E-state index is 7.43. The average molecular weight is 417 g/mol. The van der Waals surface area contributed by atoms with Crippen LogP contribution in [-0.2, 0) is 14.2 Å². The summed E-state index contributed by atoms with van der Waals surface area (Å²) in [5.41, 5.74) is 0.491. The molecule has 0 radical (unpaired) electrons. The van der Waals surface area contributed by atoms with Gasteiger partial charge in [-0.05, 0) is 79.7 Å². The first-order chi connectivity index (χ1) is 14.7. The lowest BCUT2D eigenvalue weighted by atomic mass is 9.52. The summed E-state index contributed by atoms with van der Waals surface area (Å²) in [7, 11) is 0. The van der Waals surface area contributed by atoms with Gasteiger partial charge in [-0.1, -0.05) is 13.8 Å². The van der Waals surface area contributed by atoms with E-state index in [1.165, 1.54) is 32.4 Å². The third kappa shape index (κ3) is 2.13. The van der Waals surface area contributed by atoms with Gasteiger partial charge < -0.3 is 24.0 Å². The van der Waals surface area contributed by atoms with E-state index >= 15 is 0 Å². The molecule has 5 heteroatoms. The van der Waals surface area contributed by atoms with Gasteiger partial charge in [0.25, 0.3) is 0 Å². The molecule has 7 rings (SSSR count). The fourth-order valence-corrected chi connectivity index (χ4v) is 10.3. The second kappa shape index (κ2) is 6.66. The molecule has 6 bridgehead atoms. The molecule has 30 heavy (non-hydrogen) atoms. The molecule has 2 saturated heterocycles. The minimum atomic E-state index is 0.237. The molecule has 7 aliphatic rings. The van der Waals surface area contributed by atoms with Gasteiger partial charge in [-0.15, -0.1) is 0 Å². The average Bonchev–Trinajstić information content (AvgIpc) is 3.33. The monoisotopic (exact) mass is 416 g/mol. The Bertz CT molecular complexity index is 702. The number of rotatable bonds is 2. The maximum Gasteiger partial charge on any atom is 0.0771 e. The van der Waals surface area contributed by atoms with Crippen molar-refractivity contribution in [1.29, 1.82) is 0 Å². The summed E-state index contributed by atoms with van der Waals surface area (Å²) in [6.07, 6.45) is 4.04. The van der Waals surface area contributed by atoms with Crippen molar-refractivity contribution in [1.82, 2.24) is 9.80 Å². The fourth-order valence-electron chi connectivity index (χ4n) is 10.3. The molecule has 7 fully saturated rings. The zero-order valence-corrected chi connectivity index (χ0v) is 18.9. The largest absolute Gasteiger partial charge is 0.378 e. The highest BCUT2D eigenvalue weighted by molar-refractivity contribution is 5.43. The van der Waals surface area contributed by atoms with Gasteiger partial charge in [-0.3, -0.25) is 0 Å². The summed E-state index contributed by atoms with van der Waals surface area (Å²) in [6.45, 7) is 14.4. The molecular formula is C25H40N2O3. The molecule has 2 heterocycles. The topological polar surface area (TPSA) is 34.2 Å². The van der Waals surface area contributed by atoms with Gasteiger partial charge in [-0.2, -0.15) is 0 Å². The van der Waals surface area contributed by atoms with Crippen LogP contribution in [0.2, 0.25) is 0 Å². The Labute approximate surface area is 181 Å². The van der Waals surface area contributed by atoms with Gasteiger partial charge in [0, 0.05) is 26.2 Å². The predicted octanol–water partition coefficient (Wildman–Crippen LogP) is 2.35. The zero-order chi connectivity index (χ0) is 20.1. The molecule has 10 unspecified atom stereocenters. The van der Waals surface area contributed by atoms with E-state index in [1.54, 1.807) is 0 Å². The van der Waals surface area contributed by atoms with Crippen LogP contribution in [0.25, 0.3) is 0 Å². The summed E-state index contributed by atoms with van der Waals surface area (Å²) in [5.74, 6) is 7.86. The maximum absolute atomic E-state index is 7.43. The van der Waals surface area contributed by atoms with Crippen LogP contribution in [0.5, 0.6) is 0 Å². The van der Waals surface area contributed by atoms with Crippen molar-refractivity contribution in [2.24, 2.45) is 47.3 Å². The fraction of sp³-hybridized carbons (Fsp3) is 1.00. The van der Waals surface area contributed by atoms with E-state index in [2.05, 4.69) is 23.6 Å². The molecular weight excluding hydrogens is 376 g/mol. The van der Waals surface area contributed by atoms with Crippen LogP contribution in [0, 0.1) is 47.3 Å². The Hall–Kier alpha value is -0.200. The summed E-state index contributed by atoms with van der Waals surface area (Å²) in [6, 6.07) is 0. The van der Waals surface area contributed by atoms with Gasteiger partial charge in [-0.25, -0.2) is 0 Å². The molecule has 0 aromatic heterocycles. The van der Waals surface area contributed by atoms with E-state index in [-0.39, 0.29) is 11.2 Å². The first-order valence-corrected chi connectivity index (χ1v) is 13.1. The molecule has 0 amide bonds. The Morgan fingerprint density at radius 1 is 0.700 bits per heavy atom. The van der Waals surface area contributed by atoms with Crippen LogP contribution in [-0.4, -0.2) is 86.7 Å². The highest BCUT2D eigenvalue weighted by Crippen LogP contribution is 2.94. The van der Waals surface area contributed by atoms with Gasteiger partial charge in [0.1, 0.15) is 0 Å². The predicted molar refractivity (Wildman–Crippen MR) is 114 cm³/mol. The summed E-state index contributed by atoms with van der Waals surface area (Å²) >= 11 is 0. The van der Waals surface area contributed by atoms with E-state index < -0.39 is 0 Å². The molecule has 0 N–H and O–H groups in total. The van der Waals surface area contributed by atoms with Crippen LogP contribution >= 0.6 is 0 Å². The Kier molecular flexibility index (Phi) is 4.28. The van der Waals surface area contributed by atoms with Crippen LogP contribution in [0.4, 0.5) is 0 Å². The standard InChI is InChI=1S/C25H40N2O3/c1-3-26-7-5-24-17-15-16-18(17)20-21-19(16)22(23(20)24)25(21,30-24)6-8-27(4-2)10-12-29-14-13-28-11-9-26/h16-23H,3-15H2,1-2H3. The quantitative estimate of drug-likeness (QED) is 0.690. The Balaban J connectivity index is 1.16. The minimum Gasteiger partial charge on any atom is -0.378 e.